The fraction of sp³-hybridized carbons (Fsp3) is 0.455. The molecule has 2 aliphatic rings. The lowest BCUT2D eigenvalue weighted by Gasteiger charge is -2.36. The quantitative estimate of drug-likeness (QED) is 0.885. The lowest BCUT2D eigenvalue weighted by atomic mass is 9.91. The zero-order chi connectivity index (χ0) is 18.6. The van der Waals surface area contributed by atoms with E-state index in [0.29, 0.717) is 18.1 Å². The van der Waals surface area contributed by atoms with E-state index in [2.05, 4.69) is 33.4 Å². The van der Waals surface area contributed by atoms with Crippen molar-refractivity contribution in [1.82, 2.24) is 15.2 Å². The normalized spacial score (nSPS) is 17.5. The maximum atomic E-state index is 11.6. The molecule has 1 aromatic heterocycles. The van der Waals surface area contributed by atoms with Gasteiger partial charge in [0.15, 0.2) is 0 Å². The smallest absolute Gasteiger partial charge is 0.252 e. The van der Waals surface area contributed by atoms with Crippen LogP contribution < -0.4 is 10.1 Å². The Morgan fingerprint density at radius 2 is 2.00 bits per heavy atom. The van der Waals surface area contributed by atoms with Crippen LogP contribution >= 0.6 is 0 Å². The molecular formula is C22H27N3O2. The highest BCUT2D eigenvalue weighted by Crippen LogP contribution is 2.27. The van der Waals surface area contributed by atoms with Crippen molar-refractivity contribution >= 4 is 5.91 Å². The van der Waals surface area contributed by atoms with Gasteiger partial charge < -0.3 is 10.1 Å². The molecule has 0 bridgehead atoms. The summed E-state index contributed by atoms with van der Waals surface area (Å²) in [5, 5.41) is 2.59. The molecule has 2 heterocycles. The van der Waals surface area contributed by atoms with E-state index >= 15 is 0 Å². The van der Waals surface area contributed by atoms with Crippen LogP contribution in [0.4, 0.5) is 0 Å². The van der Waals surface area contributed by atoms with Crippen molar-refractivity contribution in [3.8, 4) is 5.88 Å². The van der Waals surface area contributed by atoms with Gasteiger partial charge in [-0.1, -0.05) is 24.6 Å². The van der Waals surface area contributed by atoms with Gasteiger partial charge in [0.1, 0.15) is 6.61 Å². The van der Waals surface area contributed by atoms with Crippen molar-refractivity contribution < 1.29 is 9.53 Å². The second-order valence-corrected chi connectivity index (χ2v) is 7.48. The highest BCUT2D eigenvalue weighted by molar-refractivity contribution is 5.93. The van der Waals surface area contributed by atoms with Crippen LogP contribution in [-0.2, 0) is 19.4 Å². The van der Waals surface area contributed by atoms with Crippen molar-refractivity contribution in [2.75, 3.05) is 20.1 Å². The van der Waals surface area contributed by atoms with Crippen molar-refractivity contribution in [1.29, 1.82) is 0 Å². The maximum absolute atomic E-state index is 11.6. The fourth-order valence-electron chi connectivity index (χ4n) is 3.90. The van der Waals surface area contributed by atoms with E-state index in [9.17, 15) is 4.79 Å². The summed E-state index contributed by atoms with van der Waals surface area (Å²) in [4.78, 5) is 18.5. The minimum atomic E-state index is -0.143. The molecule has 0 atom stereocenters. The molecule has 1 fully saturated rings. The Morgan fingerprint density at radius 3 is 2.67 bits per heavy atom. The molecule has 2 aromatic rings. The van der Waals surface area contributed by atoms with E-state index in [1.165, 1.54) is 49.0 Å². The topological polar surface area (TPSA) is 54.5 Å². The average molecular weight is 365 g/mol. The summed E-state index contributed by atoms with van der Waals surface area (Å²) >= 11 is 0. The monoisotopic (exact) mass is 365 g/mol. The molecule has 27 heavy (non-hydrogen) atoms. The van der Waals surface area contributed by atoms with Crippen LogP contribution in [0, 0.1) is 0 Å². The van der Waals surface area contributed by atoms with Crippen molar-refractivity contribution in [3.05, 3.63) is 58.8 Å². The van der Waals surface area contributed by atoms with Crippen LogP contribution in [0.2, 0.25) is 0 Å². The molecule has 5 nitrogen and oxygen atoms in total. The number of nitrogens with zero attached hydrogens (tertiary/aromatic N) is 2. The Hall–Kier alpha value is -2.40. The average Bonchev–Trinajstić information content (AvgIpc) is 2.87. The predicted octanol–water partition coefficient (Wildman–Crippen LogP) is 2.97. The number of amides is 1. The van der Waals surface area contributed by atoms with Gasteiger partial charge in [0.05, 0.1) is 5.56 Å². The van der Waals surface area contributed by atoms with Gasteiger partial charge in [0.25, 0.3) is 5.91 Å². The molecule has 0 radical (unpaired) electrons. The minimum absolute atomic E-state index is 0.143. The van der Waals surface area contributed by atoms with Crippen LogP contribution in [0.1, 0.15) is 46.3 Å². The van der Waals surface area contributed by atoms with E-state index in [1.54, 1.807) is 25.4 Å². The first-order valence-corrected chi connectivity index (χ1v) is 9.88. The van der Waals surface area contributed by atoms with Gasteiger partial charge in [-0.05, 0) is 48.4 Å². The first-order valence-electron chi connectivity index (χ1n) is 9.88. The first-order chi connectivity index (χ1) is 13.2. The number of carbonyl (C=O) groups excluding carboxylic acids is 1. The van der Waals surface area contributed by atoms with Gasteiger partial charge >= 0.3 is 0 Å². The van der Waals surface area contributed by atoms with Gasteiger partial charge in [-0.2, -0.15) is 0 Å². The molecular weight excluding hydrogens is 338 g/mol. The number of rotatable bonds is 5. The molecule has 1 N–H and O–H groups in total. The molecule has 0 spiro atoms. The third kappa shape index (κ3) is 4.14. The van der Waals surface area contributed by atoms with Crippen LogP contribution in [0.25, 0.3) is 0 Å². The number of aromatic nitrogens is 1. The van der Waals surface area contributed by atoms with E-state index < -0.39 is 0 Å². The second-order valence-electron chi connectivity index (χ2n) is 7.48. The number of ether oxygens (including phenoxy) is 1. The number of carbonyl (C=O) groups is 1. The maximum Gasteiger partial charge on any atom is 0.252 e. The molecule has 4 rings (SSSR count). The summed E-state index contributed by atoms with van der Waals surface area (Å²) in [5.74, 6) is 0.393. The molecule has 0 unspecified atom stereocenters. The fourth-order valence-corrected chi connectivity index (χ4v) is 3.90. The van der Waals surface area contributed by atoms with Gasteiger partial charge in [0.2, 0.25) is 5.88 Å². The van der Waals surface area contributed by atoms with E-state index in [4.69, 9.17) is 4.74 Å². The summed E-state index contributed by atoms with van der Waals surface area (Å²) in [7, 11) is 1.61. The lowest BCUT2D eigenvalue weighted by Crippen LogP contribution is -2.41. The van der Waals surface area contributed by atoms with Gasteiger partial charge in [-0.3, -0.25) is 9.69 Å². The van der Waals surface area contributed by atoms with Crippen molar-refractivity contribution in [2.45, 2.75) is 44.8 Å². The number of benzene rings is 1. The SMILES string of the molecule is CNC(=O)c1ccc(OCc2ccc3c(c2)CCN(C2CCC2)CC3)nc1. The Kier molecular flexibility index (Phi) is 5.39. The third-order valence-corrected chi connectivity index (χ3v) is 5.81. The van der Waals surface area contributed by atoms with E-state index in [1.807, 2.05) is 0 Å². The van der Waals surface area contributed by atoms with E-state index in [-0.39, 0.29) is 5.91 Å². The number of nitrogens with one attached hydrogen (secondary N) is 1. The van der Waals surface area contributed by atoms with E-state index in [0.717, 1.165) is 18.9 Å². The molecule has 1 aliphatic heterocycles. The number of pyridine rings is 1. The first kappa shape index (κ1) is 18.0. The Balaban J connectivity index is 1.36. The van der Waals surface area contributed by atoms with Crippen molar-refractivity contribution in [3.63, 3.8) is 0 Å². The molecule has 0 saturated heterocycles. The molecule has 1 saturated carbocycles. The second kappa shape index (κ2) is 8.09. The summed E-state index contributed by atoms with van der Waals surface area (Å²) in [5.41, 5.74) is 4.64. The van der Waals surface area contributed by atoms with Gasteiger partial charge in [-0.15, -0.1) is 0 Å². The molecule has 5 heteroatoms. The Bertz CT molecular complexity index is 800. The zero-order valence-electron chi connectivity index (χ0n) is 15.9. The summed E-state index contributed by atoms with van der Waals surface area (Å²) in [6.07, 6.45) is 7.96. The molecule has 1 aromatic carbocycles. The van der Waals surface area contributed by atoms with Crippen LogP contribution in [0.5, 0.6) is 5.88 Å². The largest absolute Gasteiger partial charge is 0.473 e. The Morgan fingerprint density at radius 1 is 1.19 bits per heavy atom. The highest BCUT2D eigenvalue weighted by Gasteiger charge is 2.26. The van der Waals surface area contributed by atoms with Crippen molar-refractivity contribution in [2.24, 2.45) is 0 Å². The summed E-state index contributed by atoms with van der Waals surface area (Å²) < 4.78 is 5.82. The van der Waals surface area contributed by atoms with Gasteiger partial charge in [-0.25, -0.2) is 4.98 Å². The summed E-state index contributed by atoms with van der Waals surface area (Å²) in [6.45, 7) is 2.85. The zero-order valence-corrected chi connectivity index (χ0v) is 15.9. The number of fused-ring (bicyclic) bond motifs is 1. The lowest BCUT2D eigenvalue weighted by molar-refractivity contribution is 0.0962. The predicted molar refractivity (Wildman–Crippen MR) is 105 cm³/mol. The Labute approximate surface area is 160 Å². The molecule has 1 amide bonds. The van der Waals surface area contributed by atoms with Crippen LogP contribution in [0.15, 0.2) is 36.5 Å². The number of hydrogen-bond donors (Lipinski definition) is 1. The highest BCUT2D eigenvalue weighted by atomic mass is 16.5. The molecule has 1 aliphatic carbocycles. The third-order valence-electron chi connectivity index (χ3n) is 5.81. The minimum Gasteiger partial charge on any atom is -0.473 e. The molecule has 142 valence electrons. The van der Waals surface area contributed by atoms with Gasteiger partial charge in [0, 0.05) is 38.4 Å². The van der Waals surface area contributed by atoms with Crippen LogP contribution in [0.3, 0.4) is 0 Å². The standard InChI is InChI=1S/C22H27N3O2/c1-23-22(26)19-7-8-21(24-14-19)27-15-16-5-6-17-9-11-25(20-3-2-4-20)12-10-18(17)13-16/h5-8,13-14,20H,2-4,9-12,15H2,1H3,(H,23,26). The number of hydrogen-bond acceptors (Lipinski definition) is 4. The van der Waals surface area contributed by atoms with Crippen LogP contribution in [-0.4, -0.2) is 42.0 Å². The summed E-state index contributed by atoms with van der Waals surface area (Å²) in [6, 6.07) is 11.0.